The van der Waals surface area contributed by atoms with Gasteiger partial charge in [0.2, 0.25) is 17.8 Å². The second kappa shape index (κ2) is 7.66. The Kier molecular flexibility index (Phi) is 4.82. The second-order valence-corrected chi connectivity index (χ2v) is 8.73. The number of rotatable bonds is 4. The van der Waals surface area contributed by atoms with Crippen LogP contribution in [0.4, 0.5) is 10.8 Å². The molecule has 5 rings (SSSR count). The first-order chi connectivity index (χ1) is 15.0. The van der Waals surface area contributed by atoms with Gasteiger partial charge in [0.1, 0.15) is 5.01 Å². The molecule has 2 amide bonds. The van der Waals surface area contributed by atoms with Crippen molar-refractivity contribution in [3.63, 3.8) is 0 Å². The Morgan fingerprint density at radius 2 is 1.87 bits per heavy atom. The highest BCUT2D eigenvalue weighted by Gasteiger charge is 2.34. The van der Waals surface area contributed by atoms with E-state index in [1.807, 2.05) is 26.0 Å². The number of aryl methyl sites for hydroxylation is 2. The third kappa shape index (κ3) is 3.84. The van der Waals surface area contributed by atoms with Gasteiger partial charge in [0.05, 0.1) is 0 Å². The molecule has 2 aromatic carbocycles. The standard InChI is InChI=1S/C22H20N4O4S/c1-12-5-13(2)7-16(6-12)26-10-15(9-19(26)27)21-24-25-22(31-21)23-20(28)14-3-4-17-18(8-14)30-11-29-17/h3-8,15H,9-11H2,1-2H3,(H,23,25,28)/t15-/m0/s1. The number of ether oxygens (including phenoxy) is 2. The maximum absolute atomic E-state index is 12.6. The quantitative estimate of drug-likeness (QED) is 0.671. The monoisotopic (exact) mass is 436 g/mol. The van der Waals surface area contributed by atoms with Crippen molar-refractivity contribution in [3.05, 3.63) is 58.1 Å². The van der Waals surface area contributed by atoms with Crippen molar-refractivity contribution < 1.29 is 19.1 Å². The summed E-state index contributed by atoms with van der Waals surface area (Å²) in [5.41, 5.74) is 3.59. The van der Waals surface area contributed by atoms with Crippen LogP contribution in [0.25, 0.3) is 0 Å². The number of benzene rings is 2. The summed E-state index contributed by atoms with van der Waals surface area (Å²) in [5.74, 6) is 0.870. The molecule has 31 heavy (non-hydrogen) atoms. The van der Waals surface area contributed by atoms with E-state index in [0.29, 0.717) is 35.2 Å². The van der Waals surface area contributed by atoms with Crippen LogP contribution in [0.2, 0.25) is 0 Å². The third-order valence-corrected chi connectivity index (χ3v) is 6.29. The zero-order chi connectivity index (χ0) is 21.5. The number of aromatic nitrogens is 2. The van der Waals surface area contributed by atoms with Gasteiger partial charge >= 0.3 is 0 Å². The van der Waals surface area contributed by atoms with Gasteiger partial charge in [-0.3, -0.25) is 14.9 Å². The molecule has 1 saturated heterocycles. The number of amides is 2. The minimum absolute atomic E-state index is 0.0537. The average Bonchev–Trinajstić information content (AvgIpc) is 3.45. The molecule has 2 aliphatic rings. The number of hydrogen-bond acceptors (Lipinski definition) is 7. The van der Waals surface area contributed by atoms with E-state index in [9.17, 15) is 9.59 Å². The molecule has 1 aromatic heterocycles. The summed E-state index contributed by atoms with van der Waals surface area (Å²) >= 11 is 1.30. The van der Waals surface area contributed by atoms with Crippen LogP contribution in [0.3, 0.4) is 0 Å². The predicted molar refractivity (Wildman–Crippen MR) is 116 cm³/mol. The van der Waals surface area contributed by atoms with Gasteiger partial charge in [0.25, 0.3) is 5.91 Å². The van der Waals surface area contributed by atoms with Crippen LogP contribution in [0.5, 0.6) is 11.5 Å². The second-order valence-electron chi connectivity index (χ2n) is 7.72. The molecule has 1 N–H and O–H groups in total. The summed E-state index contributed by atoms with van der Waals surface area (Å²) in [5, 5.41) is 12.2. The van der Waals surface area contributed by atoms with Crippen molar-refractivity contribution in [2.24, 2.45) is 0 Å². The first-order valence-electron chi connectivity index (χ1n) is 9.89. The van der Waals surface area contributed by atoms with E-state index in [1.165, 1.54) is 11.3 Å². The van der Waals surface area contributed by atoms with Crippen LogP contribution < -0.4 is 19.7 Å². The van der Waals surface area contributed by atoms with E-state index in [2.05, 4.69) is 21.6 Å². The van der Waals surface area contributed by atoms with Crippen molar-refractivity contribution in [1.29, 1.82) is 0 Å². The molecule has 0 radical (unpaired) electrons. The zero-order valence-corrected chi connectivity index (χ0v) is 17.9. The van der Waals surface area contributed by atoms with Crippen LogP contribution in [-0.2, 0) is 4.79 Å². The lowest BCUT2D eigenvalue weighted by Crippen LogP contribution is -2.24. The highest BCUT2D eigenvalue weighted by Crippen LogP contribution is 2.36. The van der Waals surface area contributed by atoms with Crippen molar-refractivity contribution in [2.45, 2.75) is 26.2 Å². The van der Waals surface area contributed by atoms with E-state index in [1.54, 1.807) is 23.1 Å². The maximum Gasteiger partial charge on any atom is 0.257 e. The smallest absolute Gasteiger partial charge is 0.257 e. The molecule has 0 spiro atoms. The zero-order valence-electron chi connectivity index (χ0n) is 17.0. The van der Waals surface area contributed by atoms with Crippen molar-refractivity contribution in [3.8, 4) is 11.5 Å². The molecule has 158 valence electrons. The lowest BCUT2D eigenvalue weighted by atomic mass is 10.1. The Balaban J connectivity index is 1.28. The molecular formula is C22H20N4O4S. The maximum atomic E-state index is 12.6. The first-order valence-corrected chi connectivity index (χ1v) is 10.7. The Hall–Kier alpha value is -3.46. The van der Waals surface area contributed by atoms with Gasteiger partial charge in [-0.2, -0.15) is 0 Å². The Morgan fingerprint density at radius 3 is 2.68 bits per heavy atom. The minimum Gasteiger partial charge on any atom is -0.454 e. The minimum atomic E-state index is -0.305. The predicted octanol–water partition coefficient (Wildman–Crippen LogP) is 3.66. The molecule has 8 nitrogen and oxygen atoms in total. The number of carbonyl (C=O) groups is 2. The number of nitrogens with zero attached hydrogens (tertiary/aromatic N) is 3. The summed E-state index contributed by atoms with van der Waals surface area (Å²) < 4.78 is 10.6. The Bertz CT molecular complexity index is 1170. The molecule has 1 atom stereocenters. The Morgan fingerprint density at radius 1 is 1.10 bits per heavy atom. The average molecular weight is 436 g/mol. The summed E-state index contributed by atoms with van der Waals surface area (Å²) in [6.45, 7) is 4.74. The molecular weight excluding hydrogens is 416 g/mol. The molecule has 0 aliphatic carbocycles. The highest BCUT2D eigenvalue weighted by molar-refractivity contribution is 7.15. The number of anilines is 2. The SMILES string of the molecule is Cc1cc(C)cc(N2C[C@@H](c3nnc(NC(=O)c4ccc5c(c4)OCO5)s3)CC2=O)c1. The molecule has 2 aliphatic heterocycles. The molecule has 0 bridgehead atoms. The van der Waals surface area contributed by atoms with Gasteiger partial charge in [-0.05, 0) is 55.3 Å². The van der Waals surface area contributed by atoms with Gasteiger partial charge in [-0.15, -0.1) is 10.2 Å². The van der Waals surface area contributed by atoms with E-state index >= 15 is 0 Å². The van der Waals surface area contributed by atoms with Crippen LogP contribution in [0.1, 0.15) is 38.8 Å². The van der Waals surface area contributed by atoms with Crippen LogP contribution >= 0.6 is 11.3 Å². The van der Waals surface area contributed by atoms with Crippen molar-refractivity contribution >= 4 is 34.0 Å². The Labute approximate surface area is 182 Å². The van der Waals surface area contributed by atoms with E-state index in [4.69, 9.17) is 9.47 Å². The summed E-state index contributed by atoms with van der Waals surface area (Å²) in [6, 6.07) is 11.1. The molecule has 0 saturated carbocycles. The van der Waals surface area contributed by atoms with E-state index in [0.717, 1.165) is 21.8 Å². The fraction of sp³-hybridized carbons (Fsp3) is 0.273. The number of fused-ring (bicyclic) bond motifs is 1. The van der Waals surface area contributed by atoms with E-state index in [-0.39, 0.29) is 24.5 Å². The van der Waals surface area contributed by atoms with Crippen molar-refractivity contribution in [1.82, 2.24) is 10.2 Å². The largest absolute Gasteiger partial charge is 0.454 e. The summed E-state index contributed by atoms with van der Waals surface area (Å²) in [7, 11) is 0. The van der Waals surface area contributed by atoms with Gasteiger partial charge in [-0.25, -0.2) is 0 Å². The fourth-order valence-corrected chi connectivity index (χ4v) is 4.72. The van der Waals surface area contributed by atoms with Crippen molar-refractivity contribution in [2.75, 3.05) is 23.6 Å². The van der Waals surface area contributed by atoms with Gasteiger partial charge in [0.15, 0.2) is 11.5 Å². The number of hydrogen-bond donors (Lipinski definition) is 1. The normalized spacial score (nSPS) is 17.3. The molecule has 9 heteroatoms. The first kappa shape index (κ1) is 19.5. The highest BCUT2D eigenvalue weighted by atomic mass is 32.1. The summed E-state index contributed by atoms with van der Waals surface area (Å²) in [6.07, 6.45) is 0.373. The topological polar surface area (TPSA) is 93.7 Å². The molecule has 0 unspecified atom stereocenters. The summed E-state index contributed by atoms with van der Waals surface area (Å²) in [4.78, 5) is 27.0. The van der Waals surface area contributed by atoms with Crippen LogP contribution in [-0.4, -0.2) is 35.3 Å². The van der Waals surface area contributed by atoms with Gasteiger partial charge in [-0.1, -0.05) is 17.4 Å². The fourth-order valence-electron chi connectivity index (χ4n) is 3.89. The third-order valence-electron chi connectivity index (χ3n) is 5.29. The van der Waals surface area contributed by atoms with Gasteiger partial charge in [0, 0.05) is 30.1 Å². The van der Waals surface area contributed by atoms with E-state index < -0.39 is 0 Å². The van der Waals surface area contributed by atoms with Gasteiger partial charge < -0.3 is 14.4 Å². The van der Waals surface area contributed by atoms with Crippen LogP contribution in [0.15, 0.2) is 36.4 Å². The number of carbonyl (C=O) groups excluding carboxylic acids is 2. The molecule has 3 heterocycles. The van der Waals surface area contributed by atoms with Crippen LogP contribution in [0, 0.1) is 13.8 Å². The molecule has 1 fully saturated rings. The number of nitrogens with one attached hydrogen (secondary N) is 1. The molecule has 3 aromatic rings. The lowest BCUT2D eigenvalue weighted by Gasteiger charge is -2.17. The lowest BCUT2D eigenvalue weighted by molar-refractivity contribution is -0.117.